The van der Waals surface area contributed by atoms with Gasteiger partial charge in [0.15, 0.2) is 0 Å². The van der Waals surface area contributed by atoms with Crippen LogP contribution in [0.15, 0.2) is 36.7 Å². The van der Waals surface area contributed by atoms with Gasteiger partial charge in [0.1, 0.15) is 11.8 Å². The second-order valence-corrected chi connectivity index (χ2v) is 6.18. The highest BCUT2D eigenvalue weighted by Crippen LogP contribution is 2.32. The van der Waals surface area contributed by atoms with E-state index in [-0.39, 0.29) is 12.6 Å². The van der Waals surface area contributed by atoms with E-state index in [9.17, 15) is 9.59 Å². The third-order valence-electron chi connectivity index (χ3n) is 4.42. The van der Waals surface area contributed by atoms with Gasteiger partial charge < -0.3 is 15.4 Å². The molecule has 0 aliphatic carbocycles. The number of hydrogen-bond acceptors (Lipinski definition) is 5. The largest absolute Gasteiger partial charge is 0.444 e. The fourth-order valence-corrected chi connectivity index (χ4v) is 3.11. The highest BCUT2D eigenvalue weighted by molar-refractivity contribution is 5.98. The number of pyridine rings is 1. The number of fused-ring (bicyclic) bond motifs is 2. The molecule has 1 aromatic carbocycles. The molecule has 4 N–H and O–H groups in total. The topological polar surface area (TPSA) is 121 Å². The molecule has 1 aliphatic rings. The van der Waals surface area contributed by atoms with Crippen molar-refractivity contribution in [1.82, 2.24) is 25.8 Å². The first-order chi connectivity index (χ1) is 13.1. The van der Waals surface area contributed by atoms with Crippen molar-refractivity contribution in [3.63, 3.8) is 0 Å². The van der Waals surface area contributed by atoms with Crippen LogP contribution >= 0.6 is 0 Å². The summed E-state index contributed by atoms with van der Waals surface area (Å²) in [5.74, 6) is 0. The van der Waals surface area contributed by atoms with Crippen LogP contribution in [-0.4, -0.2) is 47.0 Å². The number of anilines is 1. The van der Waals surface area contributed by atoms with Crippen LogP contribution in [0.2, 0.25) is 0 Å². The number of aromatic nitrogens is 3. The third kappa shape index (κ3) is 3.39. The molecule has 9 nitrogen and oxygen atoms in total. The molecule has 2 aromatic heterocycles. The normalized spacial score (nSPS) is 16.0. The Morgan fingerprint density at radius 2 is 2.15 bits per heavy atom. The van der Waals surface area contributed by atoms with Gasteiger partial charge in [0.2, 0.25) is 0 Å². The smallest absolute Gasteiger partial charge is 0.411 e. The third-order valence-corrected chi connectivity index (χ3v) is 4.42. The molecule has 0 bridgehead atoms. The van der Waals surface area contributed by atoms with Gasteiger partial charge >= 0.3 is 12.1 Å². The molecule has 3 heterocycles. The molecule has 4 rings (SSSR count). The first kappa shape index (κ1) is 16.8. The van der Waals surface area contributed by atoms with E-state index < -0.39 is 12.2 Å². The van der Waals surface area contributed by atoms with Crippen LogP contribution in [0, 0.1) is 0 Å². The van der Waals surface area contributed by atoms with E-state index in [0.717, 1.165) is 27.7 Å². The number of amides is 3. The fourth-order valence-electron chi connectivity index (χ4n) is 3.11. The summed E-state index contributed by atoms with van der Waals surface area (Å²) >= 11 is 0. The van der Waals surface area contributed by atoms with Crippen molar-refractivity contribution in [2.75, 3.05) is 18.9 Å². The van der Waals surface area contributed by atoms with Crippen LogP contribution in [0.1, 0.15) is 5.56 Å². The summed E-state index contributed by atoms with van der Waals surface area (Å²) in [7, 11) is 1.53. The lowest BCUT2D eigenvalue weighted by molar-refractivity contribution is 0.113. The van der Waals surface area contributed by atoms with E-state index in [1.54, 1.807) is 12.4 Å². The monoisotopic (exact) mass is 366 g/mol. The highest BCUT2D eigenvalue weighted by Gasteiger charge is 2.24. The number of ether oxygens (including phenoxy) is 1. The average Bonchev–Trinajstić information content (AvgIpc) is 3.01. The van der Waals surface area contributed by atoms with Crippen LogP contribution in [0.5, 0.6) is 0 Å². The van der Waals surface area contributed by atoms with Crippen LogP contribution in [0.25, 0.3) is 22.2 Å². The van der Waals surface area contributed by atoms with E-state index in [0.29, 0.717) is 12.1 Å². The summed E-state index contributed by atoms with van der Waals surface area (Å²) in [5.41, 5.74) is 4.14. The molecular formula is C18H18N6O3. The Kier molecular flexibility index (Phi) is 4.33. The number of aromatic amines is 1. The van der Waals surface area contributed by atoms with Gasteiger partial charge in [0.05, 0.1) is 12.1 Å². The molecule has 1 aliphatic heterocycles. The average molecular weight is 366 g/mol. The minimum atomic E-state index is -0.550. The predicted octanol–water partition coefficient (Wildman–Crippen LogP) is 2.03. The van der Waals surface area contributed by atoms with Crippen molar-refractivity contribution in [2.45, 2.75) is 12.5 Å². The number of carbonyl (C=O) groups excluding carboxylic acids is 2. The molecule has 1 atom stereocenters. The quantitative estimate of drug-likeness (QED) is 0.565. The molecule has 138 valence electrons. The summed E-state index contributed by atoms with van der Waals surface area (Å²) < 4.78 is 5.38. The Hall–Kier alpha value is -3.62. The second kappa shape index (κ2) is 6.94. The summed E-state index contributed by atoms with van der Waals surface area (Å²) in [5, 5.41) is 16.2. The summed E-state index contributed by atoms with van der Waals surface area (Å²) in [6.07, 6.45) is 2.87. The van der Waals surface area contributed by atoms with Crippen LogP contribution in [0.3, 0.4) is 0 Å². The van der Waals surface area contributed by atoms with E-state index in [4.69, 9.17) is 4.74 Å². The van der Waals surface area contributed by atoms with Crippen molar-refractivity contribution < 1.29 is 14.3 Å². The first-order valence-corrected chi connectivity index (χ1v) is 8.48. The van der Waals surface area contributed by atoms with Crippen molar-refractivity contribution in [3.8, 4) is 11.3 Å². The first-order valence-electron chi connectivity index (χ1n) is 8.48. The number of carbonyl (C=O) groups is 2. The fraction of sp³-hybridized carbons (Fsp3) is 0.222. The van der Waals surface area contributed by atoms with E-state index >= 15 is 0 Å². The highest BCUT2D eigenvalue weighted by atomic mass is 16.6. The minimum Gasteiger partial charge on any atom is -0.444 e. The van der Waals surface area contributed by atoms with E-state index in [1.165, 1.54) is 7.05 Å². The second-order valence-electron chi connectivity index (χ2n) is 6.18. The van der Waals surface area contributed by atoms with Crippen molar-refractivity contribution in [3.05, 3.63) is 42.2 Å². The van der Waals surface area contributed by atoms with Gasteiger partial charge in [-0.1, -0.05) is 0 Å². The maximum atomic E-state index is 12.0. The van der Waals surface area contributed by atoms with E-state index in [2.05, 4.69) is 31.1 Å². The minimum absolute atomic E-state index is 0.215. The number of rotatable bonds is 3. The molecule has 0 saturated heterocycles. The van der Waals surface area contributed by atoms with Gasteiger partial charge in [-0.25, -0.2) is 9.59 Å². The van der Waals surface area contributed by atoms with Crippen molar-refractivity contribution >= 4 is 28.7 Å². The number of nitrogens with zero attached hydrogens (tertiary/aromatic N) is 2. The summed E-state index contributed by atoms with van der Waals surface area (Å²) in [6, 6.07) is 7.29. The maximum absolute atomic E-state index is 12.0. The van der Waals surface area contributed by atoms with Crippen molar-refractivity contribution in [1.29, 1.82) is 0 Å². The Morgan fingerprint density at radius 3 is 2.93 bits per heavy atom. The molecule has 3 amide bonds. The molecule has 3 aromatic rings. The number of hydrogen-bond donors (Lipinski definition) is 4. The maximum Gasteiger partial charge on any atom is 0.411 e. The van der Waals surface area contributed by atoms with E-state index in [1.807, 2.05) is 24.3 Å². The van der Waals surface area contributed by atoms with Gasteiger partial charge in [-0.3, -0.25) is 15.4 Å². The lowest BCUT2D eigenvalue weighted by Crippen LogP contribution is -2.40. The molecule has 0 fully saturated rings. The standard InChI is InChI=1S/C18H18N6O3/c1-19-17(25)21-9-12-6-11-7-13-15(8-14(11)22-18(26)27-12)23-24-16(13)10-2-4-20-5-3-10/h2-5,7-8,12H,6,9H2,1H3,(H,22,26)(H,23,24)(H2,19,21,25). The summed E-state index contributed by atoms with van der Waals surface area (Å²) in [4.78, 5) is 27.5. The zero-order chi connectivity index (χ0) is 18.8. The number of cyclic esters (lactones) is 1. The molecule has 0 spiro atoms. The van der Waals surface area contributed by atoms with Gasteiger partial charge in [0, 0.05) is 42.5 Å². The SMILES string of the molecule is CNC(=O)NCC1Cc2cc3c(-c4ccncc4)n[nH]c3cc2NC(=O)O1. The van der Waals surface area contributed by atoms with Crippen LogP contribution < -0.4 is 16.0 Å². The van der Waals surface area contributed by atoms with Gasteiger partial charge in [-0.2, -0.15) is 5.10 Å². The number of nitrogens with one attached hydrogen (secondary N) is 4. The van der Waals surface area contributed by atoms with Crippen LogP contribution in [0.4, 0.5) is 15.3 Å². The Labute approximate surface area is 154 Å². The molecule has 27 heavy (non-hydrogen) atoms. The number of H-pyrrole nitrogens is 1. The predicted molar refractivity (Wildman–Crippen MR) is 99.4 cm³/mol. The zero-order valence-corrected chi connectivity index (χ0v) is 14.6. The Balaban J connectivity index is 1.69. The molecule has 0 radical (unpaired) electrons. The van der Waals surface area contributed by atoms with Crippen LogP contribution in [-0.2, 0) is 11.2 Å². The molecule has 9 heteroatoms. The number of urea groups is 1. The summed E-state index contributed by atoms with van der Waals surface area (Å²) in [6.45, 7) is 0.215. The lowest BCUT2D eigenvalue weighted by atomic mass is 10.0. The Bertz CT molecular complexity index is 1000. The molecular weight excluding hydrogens is 348 g/mol. The van der Waals surface area contributed by atoms with Crippen molar-refractivity contribution in [2.24, 2.45) is 0 Å². The zero-order valence-electron chi connectivity index (χ0n) is 14.6. The van der Waals surface area contributed by atoms with Gasteiger partial charge in [0.25, 0.3) is 0 Å². The lowest BCUT2D eigenvalue weighted by Gasteiger charge is -2.15. The number of benzene rings is 1. The molecule has 1 unspecified atom stereocenters. The van der Waals surface area contributed by atoms with Gasteiger partial charge in [-0.05, 0) is 29.8 Å². The van der Waals surface area contributed by atoms with Gasteiger partial charge in [-0.15, -0.1) is 0 Å². The molecule has 0 saturated carbocycles. The Morgan fingerprint density at radius 1 is 1.33 bits per heavy atom.